The molecule has 0 unspecified atom stereocenters. The third-order valence-electron chi connectivity index (χ3n) is 2.09. The van der Waals surface area contributed by atoms with Crippen LogP contribution in [-0.4, -0.2) is 27.4 Å². The Morgan fingerprint density at radius 1 is 1.33 bits per heavy atom. The lowest BCUT2D eigenvalue weighted by molar-refractivity contribution is 0.102. The summed E-state index contributed by atoms with van der Waals surface area (Å²) in [5, 5.41) is 8.08. The SMILES string of the molecule is CCCNc1cnc(C(=O)Nc2nccs2)cn1. The number of aromatic nitrogens is 3. The van der Waals surface area contributed by atoms with Crippen molar-refractivity contribution in [2.75, 3.05) is 17.2 Å². The highest BCUT2D eigenvalue weighted by Crippen LogP contribution is 2.11. The predicted octanol–water partition coefficient (Wildman–Crippen LogP) is 2.01. The maximum atomic E-state index is 11.8. The fourth-order valence-electron chi connectivity index (χ4n) is 1.24. The summed E-state index contributed by atoms with van der Waals surface area (Å²) in [7, 11) is 0. The standard InChI is InChI=1S/C11H13N5OS/c1-2-3-12-9-7-14-8(6-15-9)10(17)16-11-13-4-5-18-11/h4-7H,2-3H2,1H3,(H,12,15)(H,13,16,17). The van der Waals surface area contributed by atoms with E-state index in [9.17, 15) is 4.79 Å². The van der Waals surface area contributed by atoms with Gasteiger partial charge in [-0.05, 0) is 6.42 Å². The first-order chi connectivity index (χ1) is 8.79. The number of thiazole rings is 1. The summed E-state index contributed by atoms with van der Waals surface area (Å²) in [6.45, 7) is 2.90. The van der Waals surface area contributed by atoms with Gasteiger partial charge >= 0.3 is 0 Å². The van der Waals surface area contributed by atoms with Crippen LogP contribution in [-0.2, 0) is 0 Å². The molecule has 2 aromatic heterocycles. The molecular formula is C11H13N5OS. The normalized spacial score (nSPS) is 10.1. The van der Waals surface area contributed by atoms with Gasteiger partial charge in [-0.25, -0.2) is 15.0 Å². The number of amides is 1. The Morgan fingerprint density at radius 2 is 2.22 bits per heavy atom. The average molecular weight is 263 g/mol. The number of carbonyl (C=O) groups is 1. The monoisotopic (exact) mass is 263 g/mol. The van der Waals surface area contributed by atoms with E-state index in [1.165, 1.54) is 17.5 Å². The minimum absolute atomic E-state index is 0.271. The summed E-state index contributed by atoms with van der Waals surface area (Å²) in [4.78, 5) is 23.9. The summed E-state index contributed by atoms with van der Waals surface area (Å²) in [5.41, 5.74) is 0.271. The van der Waals surface area contributed by atoms with Crippen LogP contribution >= 0.6 is 11.3 Å². The van der Waals surface area contributed by atoms with Crippen molar-refractivity contribution in [3.05, 3.63) is 29.7 Å². The molecule has 0 atom stereocenters. The number of nitrogens with zero attached hydrogens (tertiary/aromatic N) is 3. The molecule has 0 aliphatic rings. The van der Waals surface area contributed by atoms with Gasteiger partial charge in [0.15, 0.2) is 5.13 Å². The van der Waals surface area contributed by atoms with E-state index in [0.717, 1.165) is 13.0 Å². The highest BCUT2D eigenvalue weighted by Gasteiger charge is 2.09. The van der Waals surface area contributed by atoms with Gasteiger partial charge in [0, 0.05) is 18.1 Å². The Bertz CT molecular complexity index is 497. The van der Waals surface area contributed by atoms with Gasteiger partial charge in [-0.2, -0.15) is 0 Å². The highest BCUT2D eigenvalue weighted by molar-refractivity contribution is 7.13. The van der Waals surface area contributed by atoms with Gasteiger partial charge in [0.25, 0.3) is 5.91 Å². The number of anilines is 2. The van der Waals surface area contributed by atoms with Gasteiger partial charge in [-0.1, -0.05) is 6.92 Å². The molecule has 0 spiro atoms. The second-order valence-corrected chi connectivity index (χ2v) is 4.40. The Morgan fingerprint density at radius 3 is 2.83 bits per heavy atom. The number of hydrogen-bond donors (Lipinski definition) is 2. The Kier molecular flexibility index (Phi) is 4.19. The number of rotatable bonds is 5. The summed E-state index contributed by atoms with van der Waals surface area (Å²) in [6, 6.07) is 0. The lowest BCUT2D eigenvalue weighted by Gasteiger charge is -2.04. The molecule has 6 nitrogen and oxygen atoms in total. The second kappa shape index (κ2) is 6.06. The van der Waals surface area contributed by atoms with Crippen molar-refractivity contribution in [2.45, 2.75) is 13.3 Å². The highest BCUT2D eigenvalue weighted by atomic mass is 32.1. The van der Waals surface area contributed by atoms with E-state index < -0.39 is 0 Å². The Balaban J connectivity index is 1.98. The van der Waals surface area contributed by atoms with Gasteiger partial charge in [-0.3, -0.25) is 10.1 Å². The summed E-state index contributed by atoms with van der Waals surface area (Å²) >= 11 is 1.36. The van der Waals surface area contributed by atoms with Crippen molar-refractivity contribution in [2.24, 2.45) is 0 Å². The molecule has 0 aliphatic heterocycles. The fraction of sp³-hybridized carbons (Fsp3) is 0.273. The molecule has 0 radical (unpaired) electrons. The molecule has 18 heavy (non-hydrogen) atoms. The van der Waals surface area contributed by atoms with Gasteiger partial charge in [0.2, 0.25) is 0 Å². The van der Waals surface area contributed by atoms with E-state index in [0.29, 0.717) is 10.9 Å². The number of carbonyl (C=O) groups excluding carboxylic acids is 1. The van der Waals surface area contributed by atoms with E-state index in [1.54, 1.807) is 17.8 Å². The zero-order valence-electron chi connectivity index (χ0n) is 9.88. The molecule has 1 amide bonds. The molecule has 0 saturated heterocycles. The maximum absolute atomic E-state index is 11.8. The minimum Gasteiger partial charge on any atom is -0.369 e. The molecule has 2 rings (SSSR count). The van der Waals surface area contributed by atoms with Crippen molar-refractivity contribution >= 4 is 28.2 Å². The molecule has 0 aliphatic carbocycles. The van der Waals surface area contributed by atoms with Crippen molar-refractivity contribution in [1.82, 2.24) is 15.0 Å². The van der Waals surface area contributed by atoms with E-state index in [-0.39, 0.29) is 11.6 Å². The topological polar surface area (TPSA) is 79.8 Å². The third kappa shape index (κ3) is 3.24. The lowest BCUT2D eigenvalue weighted by Crippen LogP contribution is -2.14. The van der Waals surface area contributed by atoms with Crippen molar-refractivity contribution < 1.29 is 4.79 Å². The molecule has 2 aromatic rings. The first-order valence-corrected chi connectivity index (χ1v) is 6.44. The second-order valence-electron chi connectivity index (χ2n) is 3.51. The van der Waals surface area contributed by atoms with Crippen molar-refractivity contribution in [3.63, 3.8) is 0 Å². The van der Waals surface area contributed by atoms with E-state index in [2.05, 4.69) is 32.5 Å². The molecule has 0 aromatic carbocycles. The van der Waals surface area contributed by atoms with E-state index >= 15 is 0 Å². The average Bonchev–Trinajstić information content (AvgIpc) is 2.89. The van der Waals surface area contributed by atoms with Crippen LogP contribution in [0.1, 0.15) is 23.8 Å². The van der Waals surface area contributed by atoms with Crippen LogP contribution in [0.4, 0.5) is 10.9 Å². The summed E-state index contributed by atoms with van der Waals surface area (Å²) < 4.78 is 0. The quantitative estimate of drug-likeness (QED) is 0.862. The van der Waals surface area contributed by atoms with Gasteiger partial charge in [0.1, 0.15) is 11.5 Å². The van der Waals surface area contributed by atoms with Crippen molar-refractivity contribution in [1.29, 1.82) is 0 Å². The smallest absolute Gasteiger partial charge is 0.277 e. The number of nitrogens with one attached hydrogen (secondary N) is 2. The molecule has 7 heteroatoms. The zero-order valence-corrected chi connectivity index (χ0v) is 10.7. The summed E-state index contributed by atoms with van der Waals surface area (Å²) in [5.74, 6) is 0.363. The molecule has 2 N–H and O–H groups in total. The zero-order chi connectivity index (χ0) is 12.8. The van der Waals surface area contributed by atoms with Crippen LogP contribution in [0.2, 0.25) is 0 Å². The molecule has 0 saturated carbocycles. The van der Waals surface area contributed by atoms with Gasteiger partial charge < -0.3 is 5.32 Å². The maximum Gasteiger partial charge on any atom is 0.277 e. The van der Waals surface area contributed by atoms with Gasteiger partial charge in [0.05, 0.1) is 12.4 Å². The largest absolute Gasteiger partial charge is 0.369 e. The Labute approximate surface area is 109 Å². The lowest BCUT2D eigenvalue weighted by atomic mass is 10.4. The third-order valence-corrected chi connectivity index (χ3v) is 2.78. The fourth-order valence-corrected chi connectivity index (χ4v) is 1.76. The van der Waals surface area contributed by atoms with Crippen LogP contribution < -0.4 is 10.6 Å². The van der Waals surface area contributed by atoms with E-state index in [4.69, 9.17) is 0 Å². The molecule has 94 valence electrons. The van der Waals surface area contributed by atoms with E-state index in [1.807, 2.05) is 0 Å². The van der Waals surface area contributed by atoms with Crippen LogP contribution in [0, 0.1) is 0 Å². The first-order valence-electron chi connectivity index (χ1n) is 5.56. The van der Waals surface area contributed by atoms with Crippen LogP contribution in [0.3, 0.4) is 0 Å². The minimum atomic E-state index is -0.306. The van der Waals surface area contributed by atoms with Crippen LogP contribution in [0.5, 0.6) is 0 Å². The van der Waals surface area contributed by atoms with Crippen LogP contribution in [0.15, 0.2) is 24.0 Å². The Hall–Kier alpha value is -2.02. The number of hydrogen-bond acceptors (Lipinski definition) is 6. The molecule has 2 heterocycles. The predicted molar refractivity (Wildman–Crippen MR) is 70.9 cm³/mol. The molecule has 0 fully saturated rings. The van der Waals surface area contributed by atoms with Crippen LogP contribution in [0.25, 0.3) is 0 Å². The molecule has 0 bridgehead atoms. The summed E-state index contributed by atoms with van der Waals surface area (Å²) in [6.07, 6.45) is 5.63. The van der Waals surface area contributed by atoms with Crippen molar-refractivity contribution in [3.8, 4) is 0 Å². The van der Waals surface area contributed by atoms with Gasteiger partial charge in [-0.15, -0.1) is 11.3 Å². The first kappa shape index (κ1) is 12.4. The molecular weight excluding hydrogens is 250 g/mol.